The Morgan fingerprint density at radius 3 is 2.62 bits per heavy atom. The molecule has 2 aromatic carbocycles. The summed E-state index contributed by atoms with van der Waals surface area (Å²) >= 11 is 1.81. The molecule has 0 bridgehead atoms. The Bertz CT molecular complexity index is 636. The van der Waals surface area contributed by atoms with Gasteiger partial charge in [0, 0.05) is 22.8 Å². The van der Waals surface area contributed by atoms with Gasteiger partial charge in [0.25, 0.3) is 5.91 Å². The summed E-state index contributed by atoms with van der Waals surface area (Å²) in [5.41, 5.74) is 1.98. The lowest BCUT2D eigenvalue weighted by molar-refractivity contribution is 0.0951. The van der Waals surface area contributed by atoms with Crippen molar-refractivity contribution in [2.24, 2.45) is 5.92 Å². The van der Waals surface area contributed by atoms with Crippen LogP contribution in [-0.4, -0.2) is 25.5 Å². The zero-order valence-electron chi connectivity index (χ0n) is 13.8. The SMILES string of the molecule is O=C(NCCC1CCNC1)c1ccc(CSc2ccccc2)cc1. The van der Waals surface area contributed by atoms with Crippen molar-refractivity contribution in [2.45, 2.75) is 23.5 Å². The highest BCUT2D eigenvalue weighted by atomic mass is 32.2. The van der Waals surface area contributed by atoms with E-state index >= 15 is 0 Å². The van der Waals surface area contributed by atoms with Crippen LogP contribution in [0.15, 0.2) is 59.5 Å². The van der Waals surface area contributed by atoms with Crippen molar-refractivity contribution in [1.29, 1.82) is 0 Å². The summed E-state index contributed by atoms with van der Waals surface area (Å²) in [7, 11) is 0. The van der Waals surface area contributed by atoms with E-state index in [9.17, 15) is 4.79 Å². The second kappa shape index (κ2) is 8.90. The van der Waals surface area contributed by atoms with E-state index in [0.29, 0.717) is 5.92 Å². The molecule has 126 valence electrons. The first kappa shape index (κ1) is 17.1. The third kappa shape index (κ3) is 5.11. The number of hydrogen-bond donors (Lipinski definition) is 2. The van der Waals surface area contributed by atoms with E-state index in [4.69, 9.17) is 0 Å². The van der Waals surface area contributed by atoms with Gasteiger partial charge in [-0.3, -0.25) is 4.79 Å². The molecule has 0 aliphatic carbocycles. The van der Waals surface area contributed by atoms with Gasteiger partial charge < -0.3 is 10.6 Å². The van der Waals surface area contributed by atoms with Gasteiger partial charge in [-0.25, -0.2) is 0 Å². The van der Waals surface area contributed by atoms with Crippen LogP contribution in [0.1, 0.15) is 28.8 Å². The maximum absolute atomic E-state index is 12.2. The summed E-state index contributed by atoms with van der Waals surface area (Å²) in [5, 5.41) is 6.39. The first-order chi connectivity index (χ1) is 11.8. The molecule has 1 aliphatic heterocycles. The number of amides is 1. The summed E-state index contributed by atoms with van der Waals surface area (Å²) in [5.74, 6) is 1.66. The minimum absolute atomic E-state index is 0.0308. The van der Waals surface area contributed by atoms with Crippen LogP contribution in [0.2, 0.25) is 0 Å². The molecule has 0 spiro atoms. The monoisotopic (exact) mass is 340 g/mol. The van der Waals surface area contributed by atoms with Crippen molar-refractivity contribution in [2.75, 3.05) is 19.6 Å². The molecule has 2 aromatic rings. The molecule has 1 amide bonds. The first-order valence-electron chi connectivity index (χ1n) is 8.57. The second-order valence-electron chi connectivity index (χ2n) is 6.20. The molecule has 4 heteroatoms. The Kier molecular flexibility index (Phi) is 6.33. The Labute approximate surface area is 148 Å². The van der Waals surface area contributed by atoms with Crippen molar-refractivity contribution >= 4 is 17.7 Å². The molecule has 1 heterocycles. The molecule has 1 aliphatic rings. The van der Waals surface area contributed by atoms with Gasteiger partial charge in [0.05, 0.1) is 0 Å². The van der Waals surface area contributed by atoms with Crippen LogP contribution in [0.5, 0.6) is 0 Å². The average Bonchev–Trinajstić information content (AvgIpc) is 3.15. The molecule has 1 unspecified atom stereocenters. The highest BCUT2D eigenvalue weighted by Crippen LogP contribution is 2.22. The molecule has 3 nitrogen and oxygen atoms in total. The molecular formula is C20H24N2OS. The molecule has 0 radical (unpaired) electrons. The van der Waals surface area contributed by atoms with Gasteiger partial charge in [-0.05, 0) is 61.7 Å². The average molecular weight is 340 g/mol. The highest BCUT2D eigenvalue weighted by Gasteiger charge is 2.14. The van der Waals surface area contributed by atoms with Crippen molar-refractivity contribution in [3.05, 3.63) is 65.7 Å². The van der Waals surface area contributed by atoms with E-state index in [1.807, 2.05) is 42.1 Å². The van der Waals surface area contributed by atoms with E-state index in [1.54, 1.807) is 0 Å². The molecule has 3 rings (SSSR count). The van der Waals surface area contributed by atoms with E-state index in [0.717, 1.165) is 37.4 Å². The summed E-state index contributed by atoms with van der Waals surface area (Å²) in [6.45, 7) is 2.96. The molecule has 0 aromatic heterocycles. The zero-order valence-corrected chi connectivity index (χ0v) is 14.6. The fraction of sp³-hybridized carbons (Fsp3) is 0.350. The summed E-state index contributed by atoms with van der Waals surface area (Å²) in [6.07, 6.45) is 2.29. The number of nitrogens with one attached hydrogen (secondary N) is 2. The zero-order chi connectivity index (χ0) is 16.6. The lowest BCUT2D eigenvalue weighted by Crippen LogP contribution is -2.26. The molecule has 1 fully saturated rings. The van der Waals surface area contributed by atoms with Gasteiger partial charge in [-0.15, -0.1) is 11.8 Å². The van der Waals surface area contributed by atoms with Crippen LogP contribution in [-0.2, 0) is 5.75 Å². The molecule has 2 N–H and O–H groups in total. The Morgan fingerprint density at radius 1 is 1.12 bits per heavy atom. The summed E-state index contributed by atoms with van der Waals surface area (Å²) in [4.78, 5) is 13.4. The van der Waals surface area contributed by atoms with Crippen LogP contribution in [0.25, 0.3) is 0 Å². The van der Waals surface area contributed by atoms with Gasteiger partial charge >= 0.3 is 0 Å². The number of rotatable bonds is 7. The maximum atomic E-state index is 12.2. The second-order valence-corrected chi connectivity index (χ2v) is 7.25. The van der Waals surface area contributed by atoms with Gasteiger partial charge in [0.1, 0.15) is 0 Å². The Hall–Kier alpha value is -1.78. The number of benzene rings is 2. The minimum Gasteiger partial charge on any atom is -0.352 e. The van der Waals surface area contributed by atoms with E-state index < -0.39 is 0 Å². The Balaban J connectivity index is 1.43. The van der Waals surface area contributed by atoms with Crippen molar-refractivity contribution in [3.63, 3.8) is 0 Å². The number of carbonyl (C=O) groups is 1. The highest BCUT2D eigenvalue weighted by molar-refractivity contribution is 7.98. The predicted octanol–water partition coefficient (Wildman–Crippen LogP) is 3.71. The normalized spacial score (nSPS) is 16.9. The van der Waals surface area contributed by atoms with E-state index in [2.05, 4.69) is 34.9 Å². The number of thioether (sulfide) groups is 1. The van der Waals surface area contributed by atoms with Crippen molar-refractivity contribution in [1.82, 2.24) is 10.6 Å². The van der Waals surface area contributed by atoms with Gasteiger partial charge in [-0.1, -0.05) is 30.3 Å². The van der Waals surface area contributed by atoms with Crippen molar-refractivity contribution < 1.29 is 4.79 Å². The Morgan fingerprint density at radius 2 is 1.92 bits per heavy atom. The summed E-state index contributed by atoms with van der Waals surface area (Å²) in [6, 6.07) is 18.3. The number of hydrogen-bond acceptors (Lipinski definition) is 3. The minimum atomic E-state index is 0.0308. The quantitative estimate of drug-likeness (QED) is 0.755. The molecule has 0 saturated carbocycles. The molecule has 1 saturated heterocycles. The van der Waals surface area contributed by atoms with E-state index in [-0.39, 0.29) is 5.91 Å². The lowest BCUT2D eigenvalue weighted by atomic mass is 10.1. The van der Waals surface area contributed by atoms with Gasteiger partial charge in [-0.2, -0.15) is 0 Å². The molecule has 1 atom stereocenters. The number of carbonyl (C=O) groups excluding carboxylic acids is 1. The van der Waals surface area contributed by atoms with Crippen LogP contribution >= 0.6 is 11.8 Å². The lowest BCUT2D eigenvalue weighted by Gasteiger charge is -2.10. The summed E-state index contributed by atoms with van der Waals surface area (Å²) < 4.78 is 0. The molecule has 24 heavy (non-hydrogen) atoms. The smallest absolute Gasteiger partial charge is 0.251 e. The van der Waals surface area contributed by atoms with Crippen LogP contribution < -0.4 is 10.6 Å². The standard InChI is InChI=1S/C20H24N2OS/c23-20(22-13-11-16-10-12-21-14-16)18-8-6-17(7-9-18)15-24-19-4-2-1-3-5-19/h1-9,16,21H,10-15H2,(H,22,23). The van der Waals surface area contributed by atoms with Crippen molar-refractivity contribution in [3.8, 4) is 0 Å². The fourth-order valence-corrected chi connectivity index (χ4v) is 3.76. The largest absolute Gasteiger partial charge is 0.352 e. The maximum Gasteiger partial charge on any atom is 0.251 e. The van der Waals surface area contributed by atoms with Crippen LogP contribution in [0.3, 0.4) is 0 Å². The van der Waals surface area contributed by atoms with Gasteiger partial charge in [0.15, 0.2) is 0 Å². The van der Waals surface area contributed by atoms with E-state index in [1.165, 1.54) is 16.9 Å². The third-order valence-corrected chi connectivity index (χ3v) is 5.45. The predicted molar refractivity (Wildman–Crippen MR) is 100 cm³/mol. The molecular weight excluding hydrogens is 316 g/mol. The topological polar surface area (TPSA) is 41.1 Å². The first-order valence-corrected chi connectivity index (χ1v) is 9.55. The van der Waals surface area contributed by atoms with Gasteiger partial charge in [0.2, 0.25) is 0 Å². The third-order valence-electron chi connectivity index (χ3n) is 4.37. The van der Waals surface area contributed by atoms with Crippen LogP contribution in [0.4, 0.5) is 0 Å². The fourth-order valence-electron chi connectivity index (χ4n) is 2.89. The van der Waals surface area contributed by atoms with Crippen LogP contribution in [0, 0.1) is 5.92 Å².